The van der Waals surface area contributed by atoms with Crippen molar-refractivity contribution in [3.8, 4) is 11.4 Å². The van der Waals surface area contributed by atoms with E-state index in [4.69, 9.17) is 16.1 Å². The Kier molecular flexibility index (Phi) is 6.85. The lowest BCUT2D eigenvalue weighted by atomic mass is 9.97. The topological polar surface area (TPSA) is 71.3 Å². The predicted molar refractivity (Wildman–Crippen MR) is 105 cm³/mol. The predicted octanol–water partition coefficient (Wildman–Crippen LogP) is 3.76. The molecule has 2 aromatic rings. The summed E-state index contributed by atoms with van der Waals surface area (Å²) in [5.41, 5.74) is 0.832. The summed E-state index contributed by atoms with van der Waals surface area (Å²) in [6, 6.07) is 7.39. The summed E-state index contributed by atoms with van der Waals surface area (Å²) in [5, 5.41) is 7.76. The maximum absolute atomic E-state index is 12.4. The van der Waals surface area contributed by atoms with Crippen LogP contribution in [0.5, 0.6) is 0 Å². The summed E-state index contributed by atoms with van der Waals surface area (Å²) in [5.74, 6) is 1.88. The zero-order valence-electron chi connectivity index (χ0n) is 15.9. The average molecular weight is 391 g/mol. The first-order chi connectivity index (χ1) is 13.0. The fourth-order valence-corrected chi connectivity index (χ4v) is 3.49. The van der Waals surface area contributed by atoms with Crippen molar-refractivity contribution in [3.63, 3.8) is 0 Å². The number of rotatable bonds is 7. The SMILES string of the molecule is CC(C)CCNC(=O)C1CCCN(Cc2nc(-c3cccc(Cl)c3)no2)C1. The van der Waals surface area contributed by atoms with E-state index in [0.29, 0.717) is 29.2 Å². The highest BCUT2D eigenvalue weighted by atomic mass is 35.5. The molecule has 1 saturated heterocycles. The molecule has 1 amide bonds. The van der Waals surface area contributed by atoms with Crippen molar-refractivity contribution in [2.75, 3.05) is 19.6 Å². The van der Waals surface area contributed by atoms with E-state index in [1.807, 2.05) is 24.3 Å². The molecule has 0 aliphatic carbocycles. The second-order valence-corrected chi connectivity index (χ2v) is 8.01. The van der Waals surface area contributed by atoms with Gasteiger partial charge in [0.15, 0.2) is 0 Å². The Morgan fingerprint density at radius 2 is 2.30 bits per heavy atom. The monoisotopic (exact) mass is 390 g/mol. The molecule has 1 aliphatic rings. The van der Waals surface area contributed by atoms with E-state index in [1.165, 1.54) is 0 Å². The summed E-state index contributed by atoms with van der Waals surface area (Å²) in [7, 11) is 0. The number of benzene rings is 1. The van der Waals surface area contributed by atoms with Gasteiger partial charge in [0, 0.05) is 23.7 Å². The summed E-state index contributed by atoms with van der Waals surface area (Å²) < 4.78 is 5.40. The minimum atomic E-state index is 0.0289. The molecular formula is C20H27ClN4O2. The molecule has 2 heterocycles. The van der Waals surface area contributed by atoms with Crippen LogP contribution in [-0.2, 0) is 11.3 Å². The van der Waals surface area contributed by atoms with Crippen molar-refractivity contribution in [3.05, 3.63) is 35.2 Å². The maximum atomic E-state index is 12.4. The third kappa shape index (κ3) is 5.78. The Balaban J connectivity index is 1.54. The van der Waals surface area contributed by atoms with Crippen molar-refractivity contribution in [2.24, 2.45) is 11.8 Å². The Morgan fingerprint density at radius 1 is 1.44 bits per heavy atom. The maximum Gasteiger partial charge on any atom is 0.241 e. The molecule has 1 fully saturated rings. The van der Waals surface area contributed by atoms with Gasteiger partial charge in [-0.05, 0) is 43.9 Å². The lowest BCUT2D eigenvalue weighted by Gasteiger charge is -2.30. The number of piperidine rings is 1. The van der Waals surface area contributed by atoms with Crippen LogP contribution in [0.25, 0.3) is 11.4 Å². The number of carbonyl (C=O) groups excluding carboxylic acids is 1. The smallest absolute Gasteiger partial charge is 0.241 e. The van der Waals surface area contributed by atoms with Crippen molar-refractivity contribution < 1.29 is 9.32 Å². The summed E-state index contributed by atoms with van der Waals surface area (Å²) in [6.07, 6.45) is 2.94. The summed E-state index contributed by atoms with van der Waals surface area (Å²) >= 11 is 6.02. The molecule has 1 aromatic heterocycles. The number of hydrogen-bond donors (Lipinski definition) is 1. The van der Waals surface area contributed by atoms with Crippen LogP contribution in [0.15, 0.2) is 28.8 Å². The number of likely N-dealkylation sites (tertiary alicyclic amines) is 1. The minimum Gasteiger partial charge on any atom is -0.356 e. The average Bonchev–Trinajstić information content (AvgIpc) is 3.10. The first-order valence-electron chi connectivity index (χ1n) is 9.60. The van der Waals surface area contributed by atoms with Gasteiger partial charge in [-0.2, -0.15) is 4.98 Å². The van der Waals surface area contributed by atoms with Crippen LogP contribution in [0.2, 0.25) is 5.02 Å². The number of aromatic nitrogens is 2. The third-order valence-electron chi connectivity index (χ3n) is 4.81. The third-order valence-corrected chi connectivity index (χ3v) is 5.04. The van der Waals surface area contributed by atoms with Crippen LogP contribution in [0.4, 0.5) is 0 Å². The first-order valence-corrected chi connectivity index (χ1v) is 9.97. The van der Waals surface area contributed by atoms with Gasteiger partial charge in [0.2, 0.25) is 17.6 Å². The van der Waals surface area contributed by atoms with Crippen molar-refractivity contribution in [1.29, 1.82) is 0 Å². The molecule has 0 spiro atoms. The second-order valence-electron chi connectivity index (χ2n) is 7.57. The van der Waals surface area contributed by atoms with E-state index in [-0.39, 0.29) is 11.8 Å². The number of amides is 1. The van der Waals surface area contributed by atoms with Crippen LogP contribution in [0, 0.1) is 11.8 Å². The van der Waals surface area contributed by atoms with Gasteiger partial charge in [-0.3, -0.25) is 9.69 Å². The molecule has 0 bridgehead atoms. The second kappa shape index (κ2) is 9.33. The van der Waals surface area contributed by atoms with Crippen LogP contribution >= 0.6 is 11.6 Å². The molecule has 6 nitrogen and oxygen atoms in total. The van der Waals surface area contributed by atoms with Gasteiger partial charge >= 0.3 is 0 Å². The van der Waals surface area contributed by atoms with Crippen molar-refractivity contribution in [2.45, 2.75) is 39.7 Å². The number of halogens is 1. The highest BCUT2D eigenvalue weighted by Crippen LogP contribution is 2.22. The van der Waals surface area contributed by atoms with Crippen molar-refractivity contribution in [1.82, 2.24) is 20.4 Å². The van der Waals surface area contributed by atoms with E-state index in [2.05, 4.69) is 34.2 Å². The number of carbonyl (C=O) groups is 1. The zero-order valence-corrected chi connectivity index (χ0v) is 16.7. The van der Waals surface area contributed by atoms with Gasteiger partial charge in [-0.25, -0.2) is 0 Å². The largest absolute Gasteiger partial charge is 0.356 e. The van der Waals surface area contributed by atoms with Crippen LogP contribution in [0.1, 0.15) is 39.0 Å². The molecule has 1 aliphatic heterocycles. The quantitative estimate of drug-likeness (QED) is 0.779. The Morgan fingerprint density at radius 3 is 3.07 bits per heavy atom. The van der Waals surface area contributed by atoms with Gasteiger partial charge < -0.3 is 9.84 Å². The molecule has 146 valence electrons. The number of hydrogen-bond acceptors (Lipinski definition) is 5. The molecule has 1 unspecified atom stereocenters. The highest BCUT2D eigenvalue weighted by Gasteiger charge is 2.26. The molecule has 1 aromatic carbocycles. The van der Waals surface area contributed by atoms with Gasteiger partial charge in [0.05, 0.1) is 12.5 Å². The van der Waals surface area contributed by atoms with Gasteiger partial charge in [-0.1, -0.05) is 42.7 Å². The van der Waals surface area contributed by atoms with Gasteiger partial charge in [0.25, 0.3) is 0 Å². The molecule has 1 N–H and O–H groups in total. The Labute approximate surface area is 165 Å². The molecule has 27 heavy (non-hydrogen) atoms. The van der Waals surface area contributed by atoms with E-state index in [1.54, 1.807) is 0 Å². The van der Waals surface area contributed by atoms with Crippen LogP contribution in [0.3, 0.4) is 0 Å². The van der Waals surface area contributed by atoms with Crippen LogP contribution < -0.4 is 5.32 Å². The lowest BCUT2D eigenvalue weighted by Crippen LogP contribution is -2.43. The molecule has 3 rings (SSSR count). The Hall–Kier alpha value is -1.92. The van der Waals surface area contributed by atoms with E-state index in [9.17, 15) is 4.79 Å². The fraction of sp³-hybridized carbons (Fsp3) is 0.550. The van der Waals surface area contributed by atoms with Crippen molar-refractivity contribution >= 4 is 17.5 Å². The van der Waals surface area contributed by atoms with Gasteiger partial charge in [0.1, 0.15) is 0 Å². The standard InChI is InChI=1S/C20H27ClN4O2/c1-14(2)8-9-22-20(26)16-6-4-10-25(12-16)13-18-23-19(24-27-18)15-5-3-7-17(21)11-15/h3,5,7,11,14,16H,4,6,8-10,12-13H2,1-2H3,(H,22,26). The molecule has 7 heteroatoms. The minimum absolute atomic E-state index is 0.0289. The molecule has 0 radical (unpaired) electrons. The fourth-order valence-electron chi connectivity index (χ4n) is 3.30. The summed E-state index contributed by atoms with van der Waals surface area (Å²) in [6.45, 7) is 7.29. The molecule has 0 saturated carbocycles. The van der Waals surface area contributed by atoms with Gasteiger partial charge in [-0.15, -0.1) is 0 Å². The Bertz CT molecular complexity index is 762. The van der Waals surface area contributed by atoms with E-state index >= 15 is 0 Å². The number of nitrogens with one attached hydrogen (secondary N) is 1. The lowest BCUT2D eigenvalue weighted by molar-refractivity contribution is -0.126. The molecular weight excluding hydrogens is 364 g/mol. The first kappa shape index (κ1) is 19.8. The van der Waals surface area contributed by atoms with E-state index < -0.39 is 0 Å². The molecule has 1 atom stereocenters. The van der Waals surface area contributed by atoms with Crippen LogP contribution in [-0.4, -0.2) is 40.6 Å². The van der Waals surface area contributed by atoms with E-state index in [0.717, 1.165) is 44.5 Å². The number of nitrogens with zero attached hydrogens (tertiary/aromatic N) is 3. The highest BCUT2D eigenvalue weighted by molar-refractivity contribution is 6.30. The zero-order chi connectivity index (χ0) is 19.2. The normalized spacial score (nSPS) is 18.0. The summed E-state index contributed by atoms with van der Waals surface area (Å²) in [4.78, 5) is 19.1.